The number of rotatable bonds is 5. The highest BCUT2D eigenvalue weighted by Gasteiger charge is 2.03. The van der Waals surface area contributed by atoms with Gasteiger partial charge in [0.15, 0.2) is 0 Å². The Bertz CT molecular complexity index is 200. The van der Waals surface area contributed by atoms with Gasteiger partial charge in [-0.3, -0.25) is 0 Å². The molecule has 1 aromatic rings. The van der Waals surface area contributed by atoms with Crippen LogP contribution in [0.2, 0.25) is 0 Å². The molecule has 0 saturated carbocycles. The van der Waals surface area contributed by atoms with Crippen molar-refractivity contribution in [3.8, 4) is 0 Å². The Morgan fingerprint density at radius 2 is 2.42 bits per heavy atom. The fourth-order valence-corrected chi connectivity index (χ4v) is 1.31. The maximum Gasteiger partial charge on any atom is 0.227 e. The van der Waals surface area contributed by atoms with E-state index in [0.717, 1.165) is 24.6 Å². The maximum absolute atomic E-state index is 3.86. The molecule has 0 atom stereocenters. The SMILES string of the molecule is CNCCCN(C)c1nnns1. The second kappa shape index (κ2) is 5.00. The second-order valence-corrected chi connectivity index (χ2v) is 3.23. The first-order chi connectivity index (χ1) is 5.84. The van der Waals surface area contributed by atoms with Crippen LogP contribution in [-0.2, 0) is 0 Å². The summed E-state index contributed by atoms with van der Waals surface area (Å²) in [5, 5.41) is 11.4. The molecule has 0 radical (unpaired) electrons. The van der Waals surface area contributed by atoms with Gasteiger partial charge in [0.1, 0.15) is 0 Å². The minimum Gasteiger partial charge on any atom is -0.348 e. The van der Waals surface area contributed by atoms with Gasteiger partial charge in [0, 0.05) is 25.1 Å². The van der Waals surface area contributed by atoms with Crippen LogP contribution in [0.3, 0.4) is 0 Å². The van der Waals surface area contributed by atoms with Gasteiger partial charge in [0.05, 0.1) is 0 Å². The molecule has 0 aliphatic rings. The van der Waals surface area contributed by atoms with Crippen molar-refractivity contribution in [1.82, 2.24) is 20.1 Å². The average molecular weight is 187 g/mol. The molecule has 1 aromatic heterocycles. The van der Waals surface area contributed by atoms with Crippen molar-refractivity contribution in [3.05, 3.63) is 0 Å². The highest BCUT2D eigenvalue weighted by atomic mass is 32.1. The molecule has 0 fully saturated rings. The molecule has 0 bridgehead atoms. The van der Waals surface area contributed by atoms with Crippen molar-refractivity contribution in [1.29, 1.82) is 0 Å². The molecule has 1 N–H and O–H groups in total. The number of aromatic nitrogens is 3. The predicted octanol–water partition coefficient (Wildman–Crippen LogP) is -0.0212. The van der Waals surface area contributed by atoms with E-state index in [1.54, 1.807) is 0 Å². The third-order valence-electron chi connectivity index (χ3n) is 1.54. The lowest BCUT2D eigenvalue weighted by Crippen LogP contribution is -2.22. The Balaban J connectivity index is 2.25. The van der Waals surface area contributed by atoms with E-state index < -0.39 is 0 Å². The first kappa shape index (κ1) is 9.34. The lowest BCUT2D eigenvalue weighted by Gasteiger charge is -2.13. The average Bonchev–Trinajstić information content (AvgIpc) is 2.56. The van der Waals surface area contributed by atoms with Crippen molar-refractivity contribution in [2.24, 2.45) is 0 Å². The number of nitrogens with zero attached hydrogens (tertiary/aromatic N) is 4. The number of hydrogen-bond acceptors (Lipinski definition) is 6. The smallest absolute Gasteiger partial charge is 0.227 e. The predicted molar refractivity (Wildman–Crippen MR) is 49.5 cm³/mol. The Morgan fingerprint density at radius 1 is 1.58 bits per heavy atom. The minimum absolute atomic E-state index is 0.881. The fraction of sp³-hybridized carbons (Fsp3) is 0.833. The zero-order valence-electron chi connectivity index (χ0n) is 7.32. The van der Waals surface area contributed by atoms with Gasteiger partial charge < -0.3 is 10.2 Å². The summed E-state index contributed by atoms with van der Waals surface area (Å²) >= 11 is 1.32. The molecule has 0 aliphatic heterocycles. The van der Waals surface area contributed by atoms with Gasteiger partial charge in [-0.1, -0.05) is 9.59 Å². The maximum atomic E-state index is 3.86. The van der Waals surface area contributed by atoms with Gasteiger partial charge in [-0.2, -0.15) is 0 Å². The van der Waals surface area contributed by atoms with Gasteiger partial charge in [-0.25, -0.2) is 0 Å². The summed E-state index contributed by atoms with van der Waals surface area (Å²) in [5.74, 6) is 0. The summed E-state index contributed by atoms with van der Waals surface area (Å²) in [4.78, 5) is 2.06. The minimum atomic E-state index is 0.881. The van der Waals surface area contributed by atoms with Gasteiger partial charge in [0.25, 0.3) is 0 Å². The molecule has 5 nitrogen and oxygen atoms in total. The molecule has 12 heavy (non-hydrogen) atoms. The van der Waals surface area contributed by atoms with Crippen LogP contribution in [0, 0.1) is 0 Å². The standard InChI is InChI=1S/C6H13N5S/c1-7-4-3-5-11(2)6-8-9-10-12-6/h7H,3-5H2,1-2H3. The summed E-state index contributed by atoms with van der Waals surface area (Å²) < 4.78 is 3.69. The zero-order chi connectivity index (χ0) is 8.81. The largest absolute Gasteiger partial charge is 0.348 e. The molecular weight excluding hydrogens is 174 g/mol. The Kier molecular flexibility index (Phi) is 3.89. The summed E-state index contributed by atoms with van der Waals surface area (Å²) in [6.07, 6.45) is 1.10. The van der Waals surface area contributed by atoms with E-state index in [2.05, 4.69) is 25.0 Å². The van der Waals surface area contributed by atoms with Crippen LogP contribution in [0.15, 0.2) is 0 Å². The molecule has 68 valence electrons. The highest BCUT2D eigenvalue weighted by Crippen LogP contribution is 2.10. The van der Waals surface area contributed by atoms with Crippen LogP contribution in [0.1, 0.15) is 6.42 Å². The summed E-state index contributed by atoms with van der Waals surface area (Å²) in [6.45, 7) is 2.01. The van der Waals surface area contributed by atoms with Crippen LogP contribution in [-0.4, -0.2) is 42.0 Å². The first-order valence-electron chi connectivity index (χ1n) is 3.85. The van der Waals surface area contributed by atoms with E-state index in [4.69, 9.17) is 0 Å². The van der Waals surface area contributed by atoms with Gasteiger partial charge >= 0.3 is 0 Å². The summed E-state index contributed by atoms with van der Waals surface area (Å²) in [5.41, 5.74) is 0. The van der Waals surface area contributed by atoms with E-state index >= 15 is 0 Å². The van der Waals surface area contributed by atoms with Gasteiger partial charge in [-0.15, -0.1) is 0 Å². The van der Waals surface area contributed by atoms with Gasteiger partial charge in [0.2, 0.25) is 5.13 Å². The zero-order valence-corrected chi connectivity index (χ0v) is 8.13. The quantitative estimate of drug-likeness (QED) is 0.656. The van der Waals surface area contributed by atoms with E-state index in [9.17, 15) is 0 Å². The van der Waals surface area contributed by atoms with Crippen LogP contribution < -0.4 is 10.2 Å². The van der Waals surface area contributed by atoms with Crippen molar-refractivity contribution < 1.29 is 0 Å². The molecule has 6 heteroatoms. The monoisotopic (exact) mass is 187 g/mol. The van der Waals surface area contributed by atoms with E-state index in [1.807, 2.05) is 14.1 Å². The van der Waals surface area contributed by atoms with Crippen molar-refractivity contribution >= 4 is 16.7 Å². The third kappa shape index (κ3) is 2.71. The second-order valence-electron chi connectivity index (χ2n) is 2.52. The molecule has 0 unspecified atom stereocenters. The molecule has 0 aliphatic carbocycles. The van der Waals surface area contributed by atoms with Gasteiger partial charge in [-0.05, 0) is 25.2 Å². The number of anilines is 1. The van der Waals surface area contributed by atoms with E-state index in [0.29, 0.717) is 0 Å². The molecule has 0 aromatic carbocycles. The van der Waals surface area contributed by atoms with Crippen molar-refractivity contribution in [2.75, 3.05) is 32.1 Å². The van der Waals surface area contributed by atoms with E-state index in [1.165, 1.54) is 11.5 Å². The van der Waals surface area contributed by atoms with E-state index in [-0.39, 0.29) is 0 Å². The lowest BCUT2D eigenvalue weighted by molar-refractivity contribution is 0.709. The third-order valence-corrected chi connectivity index (χ3v) is 2.25. The molecule has 0 saturated heterocycles. The Labute approximate surface area is 75.9 Å². The number of hydrogen-bond donors (Lipinski definition) is 1. The fourth-order valence-electron chi connectivity index (χ4n) is 0.864. The van der Waals surface area contributed by atoms with Crippen LogP contribution in [0.4, 0.5) is 5.13 Å². The molecule has 0 amide bonds. The molecule has 1 heterocycles. The normalized spacial score (nSPS) is 10.2. The Hall–Kier alpha value is -0.750. The van der Waals surface area contributed by atoms with Crippen LogP contribution in [0.25, 0.3) is 0 Å². The molecular formula is C6H13N5S. The van der Waals surface area contributed by atoms with Crippen molar-refractivity contribution in [2.45, 2.75) is 6.42 Å². The topological polar surface area (TPSA) is 53.9 Å². The lowest BCUT2D eigenvalue weighted by atomic mass is 10.4. The first-order valence-corrected chi connectivity index (χ1v) is 4.62. The Morgan fingerprint density at radius 3 is 3.00 bits per heavy atom. The number of nitrogens with one attached hydrogen (secondary N) is 1. The molecule has 0 spiro atoms. The van der Waals surface area contributed by atoms with Crippen molar-refractivity contribution in [3.63, 3.8) is 0 Å². The summed E-state index contributed by atoms with van der Waals surface area (Å²) in [6, 6.07) is 0. The molecule has 1 rings (SSSR count). The highest BCUT2D eigenvalue weighted by molar-refractivity contribution is 7.09. The van der Waals surface area contributed by atoms with Crippen LogP contribution in [0.5, 0.6) is 0 Å². The van der Waals surface area contributed by atoms with Crippen LogP contribution >= 0.6 is 11.5 Å². The summed E-state index contributed by atoms with van der Waals surface area (Å²) in [7, 11) is 3.95.